The maximum absolute atomic E-state index is 12.0. The van der Waals surface area contributed by atoms with E-state index in [2.05, 4.69) is 21.2 Å². The zero-order valence-corrected chi connectivity index (χ0v) is 12.8. The Bertz CT molecular complexity index is 492. The quantitative estimate of drug-likeness (QED) is 0.785. The van der Waals surface area contributed by atoms with Gasteiger partial charge in [0, 0.05) is 18.1 Å². The summed E-state index contributed by atoms with van der Waals surface area (Å²) in [6.45, 7) is 0.112. The molecule has 0 bridgehead atoms. The van der Waals surface area contributed by atoms with Crippen LogP contribution in [0.1, 0.15) is 16.8 Å². The van der Waals surface area contributed by atoms with Gasteiger partial charge in [-0.1, -0.05) is 15.9 Å². The third-order valence-corrected chi connectivity index (χ3v) is 3.13. The van der Waals surface area contributed by atoms with Gasteiger partial charge in [0.05, 0.1) is 25.2 Å². The largest absolute Gasteiger partial charge is 0.496 e. The SMILES string of the molecule is COc1cc(Br)ccc1C(=O)NCC(CC(=O)O)OC. The summed E-state index contributed by atoms with van der Waals surface area (Å²) >= 11 is 3.29. The van der Waals surface area contributed by atoms with Gasteiger partial charge in [-0.05, 0) is 18.2 Å². The fourth-order valence-corrected chi connectivity index (χ4v) is 1.93. The first-order valence-corrected chi connectivity index (χ1v) is 6.63. The molecule has 0 heterocycles. The number of ether oxygens (including phenoxy) is 2. The monoisotopic (exact) mass is 345 g/mol. The Labute approximate surface area is 125 Å². The van der Waals surface area contributed by atoms with E-state index in [4.69, 9.17) is 14.6 Å². The molecule has 0 radical (unpaired) electrons. The summed E-state index contributed by atoms with van der Waals surface area (Å²) in [7, 11) is 2.88. The molecule has 1 unspecified atom stereocenters. The van der Waals surface area contributed by atoms with Gasteiger partial charge in [-0.2, -0.15) is 0 Å². The van der Waals surface area contributed by atoms with E-state index in [1.807, 2.05) is 0 Å². The Balaban J connectivity index is 2.69. The maximum atomic E-state index is 12.0. The fourth-order valence-electron chi connectivity index (χ4n) is 1.59. The van der Waals surface area contributed by atoms with Crippen LogP contribution < -0.4 is 10.1 Å². The molecule has 0 aliphatic rings. The minimum absolute atomic E-state index is 0.112. The van der Waals surface area contributed by atoms with E-state index >= 15 is 0 Å². The molecular weight excluding hydrogens is 330 g/mol. The van der Waals surface area contributed by atoms with Crippen LogP contribution in [0.2, 0.25) is 0 Å². The molecule has 0 aliphatic carbocycles. The summed E-state index contributed by atoms with van der Waals surface area (Å²) in [5.74, 6) is -0.891. The highest BCUT2D eigenvalue weighted by Crippen LogP contribution is 2.23. The van der Waals surface area contributed by atoms with Crippen molar-refractivity contribution in [2.75, 3.05) is 20.8 Å². The standard InChI is InChI=1S/C13H16BrNO5/c1-19-9(6-12(16)17)7-15-13(18)10-4-3-8(14)5-11(10)20-2/h3-5,9H,6-7H2,1-2H3,(H,15,18)(H,16,17). The van der Waals surface area contributed by atoms with E-state index in [0.29, 0.717) is 11.3 Å². The Hall–Kier alpha value is -1.60. The first-order valence-electron chi connectivity index (χ1n) is 5.84. The molecular formula is C13H16BrNO5. The summed E-state index contributed by atoms with van der Waals surface area (Å²) in [5.41, 5.74) is 0.376. The first-order chi connectivity index (χ1) is 9.47. The molecule has 6 nitrogen and oxygen atoms in total. The molecule has 0 aliphatic heterocycles. The molecule has 110 valence electrons. The normalized spacial score (nSPS) is 11.8. The Kier molecular flexibility index (Phi) is 6.47. The number of nitrogens with one attached hydrogen (secondary N) is 1. The van der Waals surface area contributed by atoms with Gasteiger partial charge in [0.15, 0.2) is 0 Å². The van der Waals surface area contributed by atoms with Crippen LogP contribution >= 0.6 is 15.9 Å². The lowest BCUT2D eigenvalue weighted by molar-refractivity contribution is -0.139. The third-order valence-electron chi connectivity index (χ3n) is 2.63. The molecule has 20 heavy (non-hydrogen) atoms. The molecule has 1 aromatic rings. The molecule has 0 fully saturated rings. The summed E-state index contributed by atoms with van der Waals surface area (Å²) in [6.07, 6.45) is -0.744. The van der Waals surface area contributed by atoms with E-state index in [1.165, 1.54) is 14.2 Å². The number of amides is 1. The number of carboxylic acids is 1. The zero-order valence-electron chi connectivity index (χ0n) is 11.2. The van der Waals surface area contributed by atoms with Crippen molar-refractivity contribution in [1.29, 1.82) is 0 Å². The topological polar surface area (TPSA) is 84.9 Å². The molecule has 1 rings (SSSR count). The lowest BCUT2D eigenvalue weighted by Gasteiger charge is -2.15. The zero-order chi connectivity index (χ0) is 15.1. The summed E-state index contributed by atoms with van der Waals surface area (Å²) in [5, 5.41) is 11.3. The molecule has 2 N–H and O–H groups in total. The van der Waals surface area contributed by atoms with Gasteiger partial charge in [-0.15, -0.1) is 0 Å². The van der Waals surface area contributed by atoms with Gasteiger partial charge in [0.1, 0.15) is 5.75 Å². The molecule has 0 saturated heterocycles. The van der Waals surface area contributed by atoms with E-state index in [9.17, 15) is 9.59 Å². The van der Waals surface area contributed by atoms with E-state index in [0.717, 1.165) is 4.47 Å². The number of benzene rings is 1. The molecule has 0 aromatic heterocycles. The van der Waals surface area contributed by atoms with Crippen LogP contribution in [0.5, 0.6) is 5.75 Å². The molecule has 1 aromatic carbocycles. The number of carbonyl (C=O) groups is 2. The van der Waals surface area contributed by atoms with E-state index in [-0.39, 0.29) is 18.9 Å². The van der Waals surface area contributed by atoms with Gasteiger partial charge < -0.3 is 19.9 Å². The number of aliphatic carboxylic acids is 1. The van der Waals surface area contributed by atoms with Crippen molar-refractivity contribution in [3.63, 3.8) is 0 Å². The van der Waals surface area contributed by atoms with Gasteiger partial charge in [-0.25, -0.2) is 0 Å². The van der Waals surface area contributed by atoms with Gasteiger partial charge in [0.2, 0.25) is 0 Å². The maximum Gasteiger partial charge on any atom is 0.306 e. The van der Waals surface area contributed by atoms with Crippen LogP contribution in [-0.4, -0.2) is 43.9 Å². The molecule has 1 amide bonds. The van der Waals surface area contributed by atoms with Crippen molar-refractivity contribution in [1.82, 2.24) is 5.32 Å². The minimum atomic E-state index is -0.979. The average molecular weight is 346 g/mol. The first kappa shape index (κ1) is 16.5. The van der Waals surface area contributed by atoms with Crippen LogP contribution in [0.3, 0.4) is 0 Å². The number of carbonyl (C=O) groups excluding carboxylic acids is 1. The number of halogens is 1. The minimum Gasteiger partial charge on any atom is -0.496 e. The van der Waals surface area contributed by atoms with Crippen molar-refractivity contribution < 1.29 is 24.2 Å². The second-order valence-corrected chi connectivity index (χ2v) is 4.93. The smallest absolute Gasteiger partial charge is 0.306 e. The third kappa shape index (κ3) is 4.82. The van der Waals surface area contributed by atoms with Crippen LogP contribution in [0, 0.1) is 0 Å². The van der Waals surface area contributed by atoms with Crippen molar-refractivity contribution >= 4 is 27.8 Å². The predicted molar refractivity (Wildman–Crippen MR) is 76.1 cm³/mol. The van der Waals surface area contributed by atoms with Gasteiger partial charge in [-0.3, -0.25) is 9.59 Å². The summed E-state index contributed by atoms with van der Waals surface area (Å²) in [6, 6.07) is 5.03. The van der Waals surface area contributed by atoms with Gasteiger partial charge in [0.25, 0.3) is 5.91 Å². The molecule has 0 spiro atoms. The van der Waals surface area contributed by atoms with Crippen molar-refractivity contribution in [3.8, 4) is 5.75 Å². The second kappa shape index (κ2) is 7.86. The van der Waals surface area contributed by atoms with Crippen LogP contribution in [0.4, 0.5) is 0 Å². The van der Waals surface area contributed by atoms with Crippen LogP contribution in [0.25, 0.3) is 0 Å². The lowest BCUT2D eigenvalue weighted by atomic mass is 10.1. The Morgan fingerprint density at radius 3 is 2.65 bits per heavy atom. The van der Waals surface area contributed by atoms with Crippen LogP contribution in [0.15, 0.2) is 22.7 Å². The summed E-state index contributed by atoms with van der Waals surface area (Å²) < 4.78 is 10.9. The van der Waals surface area contributed by atoms with Crippen LogP contribution in [-0.2, 0) is 9.53 Å². The lowest BCUT2D eigenvalue weighted by Crippen LogP contribution is -2.34. The molecule has 0 saturated carbocycles. The molecule has 7 heteroatoms. The van der Waals surface area contributed by atoms with Crippen molar-refractivity contribution in [3.05, 3.63) is 28.2 Å². The van der Waals surface area contributed by atoms with E-state index in [1.54, 1.807) is 18.2 Å². The second-order valence-electron chi connectivity index (χ2n) is 4.01. The van der Waals surface area contributed by atoms with Crippen molar-refractivity contribution in [2.24, 2.45) is 0 Å². The number of hydrogen-bond acceptors (Lipinski definition) is 4. The fraction of sp³-hybridized carbons (Fsp3) is 0.385. The Morgan fingerprint density at radius 1 is 1.40 bits per heavy atom. The predicted octanol–water partition coefficient (Wildman–Crippen LogP) is 1.68. The molecule has 1 atom stereocenters. The average Bonchev–Trinajstić information content (AvgIpc) is 2.42. The van der Waals surface area contributed by atoms with E-state index < -0.39 is 12.1 Å². The highest BCUT2D eigenvalue weighted by atomic mass is 79.9. The number of rotatable bonds is 7. The number of hydrogen-bond donors (Lipinski definition) is 2. The Morgan fingerprint density at radius 2 is 2.10 bits per heavy atom. The number of carboxylic acid groups (broad SMARTS) is 1. The number of methoxy groups -OCH3 is 2. The highest BCUT2D eigenvalue weighted by molar-refractivity contribution is 9.10. The van der Waals surface area contributed by atoms with Gasteiger partial charge >= 0.3 is 5.97 Å². The van der Waals surface area contributed by atoms with Crippen molar-refractivity contribution in [2.45, 2.75) is 12.5 Å². The summed E-state index contributed by atoms with van der Waals surface area (Å²) in [4.78, 5) is 22.6. The highest BCUT2D eigenvalue weighted by Gasteiger charge is 2.16.